The monoisotopic (exact) mass is 382 g/mol. The minimum absolute atomic E-state index is 0.0349. The number of ether oxygens (including phenoxy) is 1. The van der Waals surface area contributed by atoms with Crippen LogP contribution >= 0.6 is 0 Å². The first kappa shape index (κ1) is 18.9. The molecular weight excluding hydrogens is 365 g/mol. The van der Waals surface area contributed by atoms with E-state index in [2.05, 4.69) is 15.4 Å². The third-order valence-corrected chi connectivity index (χ3v) is 3.95. The topological polar surface area (TPSA) is 85.6 Å². The Morgan fingerprint density at radius 1 is 1.41 bits per heavy atom. The van der Waals surface area contributed by atoms with Crippen LogP contribution in [-0.2, 0) is 15.7 Å². The third-order valence-electron chi connectivity index (χ3n) is 3.95. The van der Waals surface area contributed by atoms with Crippen molar-refractivity contribution in [2.24, 2.45) is 0 Å². The van der Waals surface area contributed by atoms with Crippen molar-refractivity contribution in [3.63, 3.8) is 0 Å². The van der Waals surface area contributed by atoms with Crippen molar-refractivity contribution in [3.05, 3.63) is 41.0 Å². The lowest BCUT2D eigenvalue weighted by Gasteiger charge is -2.11. The molecular formula is C17H17F3N4O3. The van der Waals surface area contributed by atoms with Crippen molar-refractivity contribution in [1.82, 2.24) is 19.9 Å². The molecule has 144 valence electrons. The number of nitrogens with one attached hydrogen (secondary N) is 1. The van der Waals surface area contributed by atoms with Gasteiger partial charge in [-0.1, -0.05) is 0 Å². The standard InChI is InChI=1S/C17H17F3N4O3/c1-3-27-14(25)6-9(2)22-16(26)11-8-21-24-13(17(18,19)20)7-12(10-4-5-10)23-15(11)24/h6-8,10H,3-5H2,1-2H3,(H,22,26)/b9-6+. The lowest BCUT2D eigenvalue weighted by atomic mass is 10.2. The number of aromatic nitrogens is 3. The number of carbonyl (C=O) groups is 2. The fourth-order valence-electron chi connectivity index (χ4n) is 2.58. The van der Waals surface area contributed by atoms with Gasteiger partial charge in [-0.15, -0.1) is 0 Å². The van der Waals surface area contributed by atoms with E-state index in [9.17, 15) is 22.8 Å². The van der Waals surface area contributed by atoms with Gasteiger partial charge in [-0.05, 0) is 32.8 Å². The van der Waals surface area contributed by atoms with E-state index in [-0.39, 0.29) is 29.4 Å². The number of halogens is 3. The molecule has 2 heterocycles. The molecule has 0 spiro atoms. The first-order valence-electron chi connectivity index (χ1n) is 8.33. The average molecular weight is 382 g/mol. The molecule has 1 saturated carbocycles. The molecule has 0 saturated heterocycles. The van der Waals surface area contributed by atoms with Gasteiger partial charge < -0.3 is 10.1 Å². The van der Waals surface area contributed by atoms with Crippen molar-refractivity contribution in [1.29, 1.82) is 0 Å². The highest BCUT2D eigenvalue weighted by atomic mass is 19.4. The summed E-state index contributed by atoms with van der Waals surface area (Å²) in [4.78, 5) is 28.1. The predicted molar refractivity (Wildman–Crippen MR) is 87.8 cm³/mol. The van der Waals surface area contributed by atoms with Crippen LogP contribution in [0.5, 0.6) is 0 Å². The number of amides is 1. The number of alkyl halides is 3. The van der Waals surface area contributed by atoms with Gasteiger partial charge in [-0.25, -0.2) is 14.3 Å². The number of carbonyl (C=O) groups excluding carboxylic acids is 2. The van der Waals surface area contributed by atoms with E-state index >= 15 is 0 Å². The zero-order chi connectivity index (χ0) is 19.8. The molecule has 7 nitrogen and oxygen atoms in total. The average Bonchev–Trinajstić information content (AvgIpc) is 3.32. The van der Waals surface area contributed by atoms with Gasteiger partial charge in [0, 0.05) is 23.4 Å². The van der Waals surface area contributed by atoms with E-state index in [0.29, 0.717) is 10.2 Å². The van der Waals surface area contributed by atoms with Crippen LogP contribution in [0.1, 0.15) is 54.4 Å². The molecule has 1 N–H and O–H groups in total. The maximum absolute atomic E-state index is 13.4. The Labute approximate surface area is 152 Å². The van der Waals surface area contributed by atoms with E-state index in [1.165, 1.54) is 6.92 Å². The first-order chi connectivity index (χ1) is 12.7. The number of allylic oxidation sites excluding steroid dienone is 1. The third kappa shape index (κ3) is 4.09. The highest BCUT2D eigenvalue weighted by Gasteiger charge is 2.37. The van der Waals surface area contributed by atoms with Crippen molar-refractivity contribution < 1.29 is 27.5 Å². The van der Waals surface area contributed by atoms with Gasteiger partial charge in [0.2, 0.25) is 0 Å². The van der Waals surface area contributed by atoms with Crippen LogP contribution in [0.4, 0.5) is 13.2 Å². The summed E-state index contributed by atoms with van der Waals surface area (Å²) in [5.41, 5.74) is -0.782. The molecule has 1 aliphatic carbocycles. The second kappa shape index (κ2) is 7.01. The van der Waals surface area contributed by atoms with Crippen LogP contribution in [0.2, 0.25) is 0 Å². The number of esters is 1. The highest BCUT2D eigenvalue weighted by Crippen LogP contribution is 2.41. The Kier molecular flexibility index (Phi) is 4.90. The number of hydrogen-bond acceptors (Lipinski definition) is 5. The molecule has 2 aromatic heterocycles. The SMILES string of the molecule is CCOC(=O)/C=C(\C)NC(=O)c1cnn2c(C(F)(F)F)cc(C3CC3)nc12. The molecule has 27 heavy (non-hydrogen) atoms. The lowest BCUT2D eigenvalue weighted by Crippen LogP contribution is -2.23. The summed E-state index contributed by atoms with van der Waals surface area (Å²) in [7, 11) is 0. The summed E-state index contributed by atoms with van der Waals surface area (Å²) >= 11 is 0. The van der Waals surface area contributed by atoms with E-state index in [1.807, 2.05) is 0 Å². The number of rotatable bonds is 5. The fraction of sp³-hybridized carbons (Fsp3) is 0.412. The maximum atomic E-state index is 13.4. The molecule has 0 radical (unpaired) electrons. The summed E-state index contributed by atoms with van der Waals surface area (Å²) in [6.07, 6.45) is -1.00. The molecule has 0 aliphatic heterocycles. The van der Waals surface area contributed by atoms with Crippen LogP contribution in [0, 0.1) is 0 Å². The normalized spacial score (nSPS) is 15.1. The molecule has 3 rings (SSSR count). The van der Waals surface area contributed by atoms with Gasteiger partial charge in [0.1, 0.15) is 11.3 Å². The lowest BCUT2D eigenvalue weighted by molar-refractivity contribution is -0.142. The van der Waals surface area contributed by atoms with Gasteiger partial charge in [0.15, 0.2) is 5.65 Å². The summed E-state index contributed by atoms with van der Waals surface area (Å²) in [5, 5.41) is 6.12. The second-order valence-corrected chi connectivity index (χ2v) is 6.17. The molecule has 0 atom stereocenters. The largest absolute Gasteiger partial charge is 0.463 e. The Balaban J connectivity index is 1.96. The highest BCUT2D eigenvalue weighted by molar-refractivity contribution is 6.01. The van der Waals surface area contributed by atoms with Gasteiger partial charge in [-0.3, -0.25) is 4.79 Å². The number of fused-ring (bicyclic) bond motifs is 1. The van der Waals surface area contributed by atoms with Crippen molar-refractivity contribution >= 4 is 17.5 Å². The quantitative estimate of drug-likeness (QED) is 0.635. The van der Waals surface area contributed by atoms with Crippen LogP contribution in [-0.4, -0.2) is 33.1 Å². The molecule has 1 amide bonds. The van der Waals surface area contributed by atoms with Gasteiger partial charge in [0.05, 0.1) is 12.8 Å². The molecule has 2 aromatic rings. The molecule has 0 bridgehead atoms. The molecule has 1 fully saturated rings. The van der Waals surface area contributed by atoms with Crippen LogP contribution in [0.3, 0.4) is 0 Å². The molecule has 0 aromatic carbocycles. The Bertz CT molecular complexity index is 929. The van der Waals surface area contributed by atoms with Gasteiger partial charge in [-0.2, -0.15) is 18.3 Å². The smallest absolute Gasteiger partial charge is 0.433 e. The van der Waals surface area contributed by atoms with Gasteiger partial charge >= 0.3 is 12.1 Å². The van der Waals surface area contributed by atoms with Crippen LogP contribution in [0.25, 0.3) is 5.65 Å². The van der Waals surface area contributed by atoms with Gasteiger partial charge in [0.25, 0.3) is 5.91 Å². The zero-order valence-electron chi connectivity index (χ0n) is 14.6. The predicted octanol–water partition coefficient (Wildman–Crippen LogP) is 2.82. The molecule has 0 unspecified atom stereocenters. The van der Waals surface area contributed by atoms with Crippen molar-refractivity contribution in [2.45, 2.75) is 38.8 Å². The summed E-state index contributed by atoms with van der Waals surface area (Å²) < 4.78 is 45.5. The zero-order valence-corrected chi connectivity index (χ0v) is 14.6. The summed E-state index contributed by atoms with van der Waals surface area (Å²) in [6, 6.07) is 0.977. The van der Waals surface area contributed by atoms with E-state index < -0.39 is 23.7 Å². The van der Waals surface area contributed by atoms with E-state index in [1.54, 1.807) is 6.92 Å². The van der Waals surface area contributed by atoms with Crippen molar-refractivity contribution in [2.75, 3.05) is 6.61 Å². The number of hydrogen-bond donors (Lipinski definition) is 1. The molecule has 1 aliphatic rings. The number of nitrogens with zero attached hydrogens (tertiary/aromatic N) is 3. The maximum Gasteiger partial charge on any atom is 0.433 e. The fourth-order valence-corrected chi connectivity index (χ4v) is 2.58. The summed E-state index contributed by atoms with van der Waals surface area (Å²) in [6.45, 7) is 3.28. The summed E-state index contributed by atoms with van der Waals surface area (Å²) in [5.74, 6) is -1.38. The van der Waals surface area contributed by atoms with Crippen LogP contribution < -0.4 is 5.32 Å². The molecule has 10 heteroatoms. The van der Waals surface area contributed by atoms with Crippen molar-refractivity contribution in [3.8, 4) is 0 Å². The Hall–Kier alpha value is -2.91. The Morgan fingerprint density at radius 3 is 2.70 bits per heavy atom. The van der Waals surface area contributed by atoms with E-state index in [4.69, 9.17) is 4.74 Å². The first-order valence-corrected chi connectivity index (χ1v) is 8.33. The minimum atomic E-state index is -4.63. The Morgan fingerprint density at radius 2 is 2.11 bits per heavy atom. The second-order valence-electron chi connectivity index (χ2n) is 6.17. The van der Waals surface area contributed by atoms with E-state index in [0.717, 1.165) is 31.2 Å². The van der Waals surface area contributed by atoms with Crippen LogP contribution in [0.15, 0.2) is 24.0 Å². The minimum Gasteiger partial charge on any atom is -0.463 e.